The molecule has 0 atom stereocenters. The van der Waals surface area contributed by atoms with E-state index in [2.05, 4.69) is 36.5 Å². The number of thiocarbonyl (C=S) groups is 1. The molecule has 0 fully saturated rings. The number of nitrogens with one attached hydrogen (secondary N) is 2. The molecule has 0 aliphatic heterocycles. The second-order valence-corrected chi connectivity index (χ2v) is 9.58. The molecule has 1 amide bonds. The summed E-state index contributed by atoms with van der Waals surface area (Å²) < 4.78 is 0. The molecule has 4 N–H and O–H groups in total. The predicted molar refractivity (Wildman–Crippen MR) is 129 cm³/mol. The van der Waals surface area contributed by atoms with Gasteiger partial charge in [0.1, 0.15) is 15.6 Å². The van der Waals surface area contributed by atoms with Crippen LogP contribution >= 0.6 is 39.5 Å². The van der Waals surface area contributed by atoms with Crippen LogP contribution in [0.25, 0.3) is 21.5 Å². The first-order valence-corrected chi connectivity index (χ1v) is 11.3. The van der Waals surface area contributed by atoms with E-state index in [0.717, 1.165) is 26.4 Å². The molecule has 6 nitrogen and oxygen atoms in total. The van der Waals surface area contributed by atoms with E-state index in [-0.39, 0.29) is 16.8 Å². The number of nitrogens with two attached hydrogens (primary N) is 1. The second-order valence-electron chi connectivity index (χ2n) is 7.61. The summed E-state index contributed by atoms with van der Waals surface area (Å²) in [4.78, 5) is 23.1. The molecule has 3 rings (SSSR count). The quantitative estimate of drug-likeness (QED) is 0.363. The Morgan fingerprint density at radius 2 is 2.03 bits per heavy atom. The van der Waals surface area contributed by atoms with Crippen molar-refractivity contribution in [2.45, 2.75) is 33.2 Å². The summed E-state index contributed by atoms with van der Waals surface area (Å²) in [6, 6.07) is 7.52. The Morgan fingerprint density at radius 1 is 1.31 bits per heavy atom. The maximum atomic E-state index is 11.7. The fourth-order valence-corrected chi connectivity index (χ4v) is 4.56. The van der Waals surface area contributed by atoms with Gasteiger partial charge in [-0.25, -0.2) is 9.97 Å². The number of carbonyl (C=O) groups is 1. The third-order valence-corrected chi connectivity index (χ3v) is 6.00. The fraction of sp³-hybridized carbons (Fsp3) is 0.300. The molecule has 29 heavy (non-hydrogen) atoms. The number of fused-ring (bicyclic) bond motifs is 1. The molecule has 2 heterocycles. The van der Waals surface area contributed by atoms with Crippen molar-refractivity contribution in [2.24, 2.45) is 0 Å². The molecule has 0 bridgehead atoms. The molecule has 3 aromatic rings. The number of thiophene rings is 1. The number of carbonyl (C=O) groups excluding carboxylic acids is 1. The predicted octanol–water partition coefficient (Wildman–Crippen LogP) is 4.65. The average Bonchev–Trinajstić information content (AvgIpc) is 2.96. The van der Waals surface area contributed by atoms with Crippen LogP contribution in [-0.2, 0) is 4.79 Å². The Labute approximate surface area is 187 Å². The highest BCUT2D eigenvalue weighted by Crippen LogP contribution is 2.39. The monoisotopic (exact) mass is 491 g/mol. The standard InChI is InChI=1S/C20H22BrN5OS2/c1-10-23-16(11-6-5-7-12(8-11)25-13(27)9-21)14-15(22)17(29-19(14)24-10)18(28)26-20(2,3)4/h5-8H,9,22H2,1-4H3,(H,25,27)(H,26,28). The van der Waals surface area contributed by atoms with Gasteiger partial charge < -0.3 is 16.4 Å². The number of nitrogen functional groups attached to an aromatic ring is 1. The van der Waals surface area contributed by atoms with Gasteiger partial charge in [-0.05, 0) is 39.8 Å². The Balaban J connectivity index is 2.13. The summed E-state index contributed by atoms with van der Waals surface area (Å²) in [6.07, 6.45) is 0. The summed E-state index contributed by atoms with van der Waals surface area (Å²) in [7, 11) is 0. The van der Waals surface area contributed by atoms with Crippen LogP contribution < -0.4 is 16.4 Å². The van der Waals surface area contributed by atoms with Crippen LogP contribution in [-0.4, -0.2) is 31.7 Å². The number of amides is 1. The van der Waals surface area contributed by atoms with Gasteiger partial charge in [-0.3, -0.25) is 4.79 Å². The van der Waals surface area contributed by atoms with E-state index < -0.39 is 0 Å². The van der Waals surface area contributed by atoms with Crippen molar-refractivity contribution in [2.75, 3.05) is 16.4 Å². The second kappa shape index (κ2) is 8.33. The molecule has 0 aliphatic carbocycles. The van der Waals surface area contributed by atoms with Gasteiger partial charge in [-0.2, -0.15) is 0 Å². The van der Waals surface area contributed by atoms with E-state index in [1.54, 1.807) is 0 Å². The number of aryl methyl sites for hydroxylation is 1. The topological polar surface area (TPSA) is 92.9 Å². The highest BCUT2D eigenvalue weighted by Gasteiger charge is 2.22. The third-order valence-electron chi connectivity index (χ3n) is 3.94. The van der Waals surface area contributed by atoms with E-state index in [9.17, 15) is 4.79 Å². The number of hydrogen-bond donors (Lipinski definition) is 3. The highest BCUT2D eigenvalue weighted by molar-refractivity contribution is 9.09. The Bertz CT molecular complexity index is 1100. The van der Waals surface area contributed by atoms with Gasteiger partial charge in [-0.15, -0.1) is 11.3 Å². The smallest absolute Gasteiger partial charge is 0.235 e. The SMILES string of the molecule is Cc1nc(-c2cccc(NC(=O)CBr)c2)c2c(N)c(C(=S)NC(C)(C)C)sc2n1. The maximum Gasteiger partial charge on any atom is 0.235 e. The number of aromatic nitrogens is 2. The molecular weight excluding hydrogens is 470 g/mol. The molecule has 1 aromatic carbocycles. The van der Waals surface area contributed by atoms with E-state index >= 15 is 0 Å². The summed E-state index contributed by atoms with van der Waals surface area (Å²) in [6.45, 7) is 7.99. The minimum atomic E-state index is -0.175. The lowest BCUT2D eigenvalue weighted by Crippen LogP contribution is -2.39. The van der Waals surface area contributed by atoms with Crippen LogP contribution in [0.15, 0.2) is 24.3 Å². The molecule has 0 radical (unpaired) electrons. The first kappa shape index (κ1) is 21.6. The van der Waals surface area contributed by atoms with E-state index in [4.69, 9.17) is 18.0 Å². The van der Waals surface area contributed by atoms with Crippen molar-refractivity contribution < 1.29 is 4.79 Å². The lowest BCUT2D eigenvalue weighted by Gasteiger charge is -2.22. The zero-order chi connectivity index (χ0) is 21.3. The van der Waals surface area contributed by atoms with Gasteiger partial charge in [0.2, 0.25) is 5.91 Å². The van der Waals surface area contributed by atoms with Crippen LogP contribution in [0.5, 0.6) is 0 Å². The first-order valence-electron chi connectivity index (χ1n) is 8.94. The molecule has 0 spiro atoms. The van der Waals surface area contributed by atoms with Gasteiger partial charge in [0.25, 0.3) is 0 Å². The van der Waals surface area contributed by atoms with Crippen molar-refractivity contribution in [3.8, 4) is 11.3 Å². The van der Waals surface area contributed by atoms with Gasteiger partial charge in [0, 0.05) is 16.8 Å². The molecule has 2 aromatic heterocycles. The minimum Gasteiger partial charge on any atom is -0.397 e. The third kappa shape index (κ3) is 4.91. The molecule has 152 valence electrons. The highest BCUT2D eigenvalue weighted by atomic mass is 79.9. The van der Waals surface area contributed by atoms with E-state index in [0.29, 0.717) is 22.2 Å². The molecular formula is C20H22BrN5OS2. The zero-order valence-electron chi connectivity index (χ0n) is 16.6. The minimum absolute atomic E-state index is 0.123. The average molecular weight is 492 g/mol. The molecule has 0 saturated heterocycles. The van der Waals surface area contributed by atoms with Gasteiger partial charge in [-0.1, -0.05) is 40.3 Å². The maximum absolute atomic E-state index is 11.7. The van der Waals surface area contributed by atoms with Gasteiger partial charge >= 0.3 is 0 Å². The largest absolute Gasteiger partial charge is 0.397 e. The van der Waals surface area contributed by atoms with Crippen LogP contribution in [0.1, 0.15) is 31.5 Å². The van der Waals surface area contributed by atoms with Crippen molar-refractivity contribution >= 4 is 72.0 Å². The van der Waals surface area contributed by atoms with Crippen LogP contribution in [0.4, 0.5) is 11.4 Å². The summed E-state index contributed by atoms with van der Waals surface area (Å²) >= 11 is 10.2. The number of hydrogen-bond acceptors (Lipinski definition) is 6. The van der Waals surface area contributed by atoms with Crippen molar-refractivity contribution in [3.05, 3.63) is 35.0 Å². The zero-order valence-corrected chi connectivity index (χ0v) is 19.8. The molecule has 0 saturated carbocycles. The lowest BCUT2D eigenvalue weighted by molar-refractivity contribution is -0.113. The van der Waals surface area contributed by atoms with E-state index in [1.807, 2.05) is 52.0 Å². The van der Waals surface area contributed by atoms with Gasteiger partial charge in [0.05, 0.1) is 27.0 Å². The summed E-state index contributed by atoms with van der Waals surface area (Å²) in [5, 5.41) is 7.15. The van der Waals surface area contributed by atoms with Crippen LogP contribution in [0.3, 0.4) is 0 Å². The fourth-order valence-electron chi connectivity index (χ4n) is 2.84. The first-order chi connectivity index (χ1) is 13.6. The normalized spacial score (nSPS) is 11.5. The lowest BCUT2D eigenvalue weighted by atomic mass is 10.1. The Morgan fingerprint density at radius 3 is 2.69 bits per heavy atom. The molecule has 0 aliphatic rings. The Kier molecular flexibility index (Phi) is 6.21. The van der Waals surface area contributed by atoms with Crippen molar-refractivity contribution in [1.29, 1.82) is 0 Å². The van der Waals surface area contributed by atoms with Gasteiger partial charge in [0.15, 0.2) is 0 Å². The number of anilines is 2. The van der Waals surface area contributed by atoms with Crippen molar-refractivity contribution in [1.82, 2.24) is 15.3 Å². The summed E-state index contributed by atoms with van der Waals surface area (Å²) in [5.41, 5.74) is 9.17. The van der Waals surface area contributed by atoms with Crippen molar-refractivity contribution in [3.63, 3.8) is 0 Å². The molecule has 9 heteroatoms. The van der Waals surface area contributed by atoms with Crippen LogP contribution in [0.2, 0.25) is 0 Å². The van der Waals surface area contributed by atoms with Crippen LogP contribution in [0, 0.1) is 6.92 Å². The number of benzene rings is 1. The number of halogens is 1. The number of alkyl halides is 1. The number of nitrogens with zero attached hydrogens (tertiary/aromatic N) is 2. The molecule has 0 unspecified atom stereocenters. The number of rotatable bonds is 4. The Hall–Kier alpha value is -2.10. The summed E-state index contributed by atoms with van der Waals surface area (Å²) in [5.74, 6) is 0.520. The van der Waals surface area contributed by atoms with E-state index in [1.165, 1.54) is 11.3 Å².